The highest BCUT2D eigenvalue weighted by molar-refractivity contribution is 6.40. The van der Waals surface area contributed by atoms with Gasteiger partial charge in [0.05, 0.1) is 36.2 Å². The van der Waals surface area contributed by atoms with Crippen molar-refractivity contribution in [3.8, 4) is 12.3 Å². The van der Waals surface area contributed by atoms with Gasteiger partial charge in [0.25, 0.3) is 0 Å². The van der Waals surface area contributed by atoms with Crippen LogP contribution in [0.3, 0.4) is 0 Å². The SMILES string of the molecule is C#CC(C)(C)C(=O)OC.COC(=O)C(C)(C)/C=C/C1OC(C)(C)C(C)(C)O1.ClCCl. The molecule has 174 valence electrons. The van der Waals surface area contributed by atoms with Crippen LogP contribution < -0.4 is 0 Å². The molecule has 1 aliphatic rings. The third kappa shape index (κ3) is 9.70. The highest BCUT2D eigenvalue weighted by atomic mass is 35.5. The summed E-state index contributed by atoms with van der Waals surface area (Å²) in [5.41, 5.74) is -2.19. The van der Waals surface area contributed by atoms with Gasteiger partial charge in [0.1, 0.15) is 5.41 Å². The predicted molar refractivity (Wildman–Crippen MR) is 120 cm³/mol. The Bertz CT molecular complexity index is 614. The van der Waals surface area contributed by atoms with Gasteiger partial charge in [-0.25, -0.2) is 0 Å². The smallest absolute Gasteiger partial charge is 0.323 e. The van der Waals surface area contributed by atoms with Gasteiger partial charge in [0.15, 0.2) is 6.29 Å². The second kappa shape index (κ2) is 12.6. The van der Waals surface area contributed by atoms with Gasteiger partial charge in [0, 0.05) is 0 Å². The van der Waals surface area contributed by atoms with E-state index in [1.807, 2.05) is 27.7 Å². The number of carbonyl (C=O) groups excluding carboxylic acids is 2. The standard InChI is InChI=1S/C14H24O4.C7H10O2.CH2Cl2/c1-12(2,11(15)16-7)9-8-10-17-13(3,4)14(5,6)18-10;1-5-7(2,3)6(8)9-4;2-1-3/h8-10H,1-7H3;1H,2-4H3;1H2/b9-8+;;. The van der Waals surface area contributed by atoms with Gasteiger partial charge in [-0.1, -0.05) is 12.0 Å². The van der Waals surface area contributed by atoms with Crippen LogP contribution in [0.5, 0.6) is 0 Å². The largest absolute Gasteiger partial charge is 0.468 e. The Kier molecular flexibility index (Phi) is 12.9. The predicted octanol–water partition coefficient (Wildman–Crippen LogP) is 4.91. The molecule has 0 aromatic heterocycles. The van der Waals surface area contributed by atoms with Crippen LogP contribution in [-0.4, -0.2) is 49.0 Å². The summed E-state index contributed by atoms with van der Waals surface area (Å²) in [5.74, 6) is 1.66. The van der Waals surface area contributed by atoms with Crippen molar-refractivity contribution in [2.24, 2.45) is 10.8 Å². The van der Waals surface area contributed by atoms with E-state index >= 15 is 0 Å². The Morgan fingerprint density at radius 1 is 1.00 bits per heavy atom. The summed E-state index contributed by atoms with van der Waals surface area (Å²) in [5, 5.41) is 0.194. The van der Waals surface area contributed by atoms with Gasteiger partial charge in [0.2, 0.25) is 0 Å². The molecule has 1 saturated heterocycles. The van der Waals surface area contributed by atoms with E-state index in [1.54, 1.807) is 39.8 Å². The Morgan fingerprint density at radius 3 is 1.63 bits per heavy atom. The lowest BCUT2D eigenvalue weighted by Gasteiger charge is -2.30. The molecule has 30 heavy (non-hydrogen) atoms. The summed E-state index contributed by atoms with van der Waals surface area (Å²) in [6.07, 6.45) is 8.14. The molecule has 0 spiro atoms. The number of rotatable bonds is 4. The zero-order valence-corrected chi connectivity index (χ0v) is 21.2. The molecule has 0 aliphatic carbocycles. The minimum Gasteiger partial charge on any atom is -0.468 e. The van der Waals surface area contributed by atoms with Crippen LogP contribution in [0.15, 0.2) is 12.2 Å². The lowest BCUT2D eigenvalue weighted by Crippen LogP contribution is -2.41. The van der Waals surface area contributed by atoms with E-state index in [4.69, 9.17) is 43.8 Å². The molecule has 0 N–H and O–H groups in total. The quantitative estimate of drug-likeness (QED) is 0.253. The molecule has 6 nitrogen and oxygen atoms in total. The van der Waals surface area contributed by atoms with Crippen LogP contribution in [0.4, 0.5) is 0 Å². The molecular formula is C22H36Cl2O6. The number of carbonyl (C=O) groups is 2. The average molecular weight is 467 g/mol. The van der Waals surface area contributed by atoms with Crippen LogP contribution >= 0.6 is 23.2 Å². The highest BCUT2D eigenvalue weighted by Crippen LogP contribution is 2.38. The Labute approximate surface area is 191 Å². The average Bonchev–Trinajstić information content (AvgIpc) is 2.86. The third-order valence-electron chi connectivity index (χ3n) is 4.71. The van der Waals surface area contributed by atoms with E-state index in [1.165, 1.54) is 14.2 Å². The molecule has 0 amide bonds. The molecule has 0 radical (unpaired) electrons. The van der Waals surface area contributed by atoms with Crippen LogP contribution in [0, 0.1) is 23.2 Å². The monoisotopic (exact) mass is 466 g/mol. The minimum atomic E-state index is -0.783. The normalized spacial score (nSPS) is 17.7. The summed E-state index contributed by atoms with van der Waals surface area (Å²) >= 11 is 9.53. The van der Waals surface area contributed by atoms with Crippen molar-refractivity contribution in [1.82, 2.24) is 0 Å². The first-order valence-corrected chi connectivity index (χ1v) is 10.4. The number of alkyl halides is 2. The molecule has 0 saturated carbocycles. The molecule has 0 atom stereocenters. The molecule has 1 heterocycles. The third-order valence-corrected chi connectivity index (χ3v) is 4.71. The molecule has 0 aromatic rings. The van der Waals surface area contributed by atoms with Crippen molar-refractivity contribution >= 4 is 35.1 Å². The number of halogens is 2. The molecule has 8 heteroatoms. The van der Waals surface area contributed by atoms with E-state index in [0.29, 0.717) is 0 Å². The first-order valence-electron chi connectivity index (χ1n) is 9.29. The summed E-state index contributed by atoms with van der Waals surface area (Å²) in [7, 11) is 2.70. The number of hydrogen-bond acceptors (Lipinski definition) is 6. The van der Waals surface area contributed by atoms with Crippen molar-refractivity contribution in [2.45, 2.75) is 72.9 Å². The van der Waals surface area contributed by atoms with E-state index in [2.05, 4.69) is 10.7 Å². The lowest BCUT2D eigenvalue weighted by molar-refractivity contribution is -0.148. The molecule has 0 aromatic carbocycles. The van der Waals surface area contributed by atoms with Gasteiger partial charge in [-0.3, -0.25) is 9.59 Å². The number of hydrogen-bond donors (Lipinski definition) is 0. The zero-order valence-electron chi connectivity index (χ0n) is 19.7. The van der Waals surface area contributed by atoms with Crippen LogP contribution in [0.25, 0.3) is 0 Å². The molecular weight excluding hydrogens is 431 g/mol. The van der Waals surface area contributed by atoms with Gasteiger partial charge in [-0.05, 0) is 61.5 Å². The topological polar surface area (TPSA) is 71.1 Å². The second-order valence-electron chi connectivity index (χ2n) is 8.56. The second-order valence-corrected chi connectivity index (χ2v) is 9.37. The Balaban J connectivity index is 0. The molecule has 0 unspecified atom stereocenters. The van der Waals surface area contributed by atoms with Crippen LogP contribution in [0.2, 0.25) is 0 Å². The maximum atomic E-state index is 11.5. The van der Waals surface area contributed by atoms with Crippen LogP contribution in [-0.2, 0) is 28.5 Å². The van der Waals surface area contributed by atoms with Crippen molar-refractivity contribution in [3.05, 3.63) is 12.2 Å². The fourth-order valence-corrected chi connectivity index (χ4v) is 1.93. The Hall–Kier alpha value is -1.26. The van der Waals surface area contributed by atoms with Crippen molar-refractivity contribution in [3.63, 3.8) is 0 Å². The summed E-state index contributed by atoms with van der Waals surface area (Å²) < 4.78 is 20.8. The molecule has 1 aliphatic heterocycles. The van der Waals surface area contributed by atoms with Crippen molar-refractivity contribution < 1.29 is 28.5 Å². The van der Waals surface area contributed by atoms with E-state index < -0.39 is 17.1 Å². The first-order chi connectivity index (χ1) is 13.5. The fraction of sp³-hybridized carbons (Fsp3) is 0.727. The van der Waals surface area contributed by atoms with E-state index in [9.17, 15) is 9.59 Å². The zero-order chi connectivity index (χ0) is 24.4. The Morgan fingerprint density at radius 2 is 1.37 bits per heavy atom. The van der Waals surface area contributed by atoms with E-state index in [0.717, 1.165) is 0 Å². The number of methoxy groups -OCH3 is 2. The number of terminal acetylenes is 1. The molecule has 0 bridgehead atoms. The fourth-order valence-electron chi connectivity index (χ4n) is 1.93. The van der Waals surface area contributed by atoms with Crippen molar-refractivity contribution in [2.75, 3.05) is 19.6 Å². The maximum absolute atomic E-state index is 11.5. The van der Waals surface area contributed by atoms with E-state index in [-0.39, 0.29) is 28.5 Å². The van der Waals surface area contributed by atoms with Gasteiger partial charge < -0.3 is 18.9 Å². The summed E-state index contributed by atoms with van der Waals surface area (Å²) in [6.45, 7) is 14.8. The van der Waals surface area contributed by atoms with Crippen molar-refractivity contribution in [1.29, 1.82) is 0 Å². The molecule has 1 rings (SSSR count). The minimum absolute atomic E-state index is 0.194. The maximum Gasteiger partial charge on any atom is 0.323 e. The van der Waals surface area contributed by atoms with Crippen LogP contribution in [0.1, 0.15) is 55.4 Å². The molecule has 1 fully saturated rings. The summed E-state index contributed by atoms with van der Waals surface area (Å²) in [4.78, 5) is 22.2. The highest BCUT2D eigenvalue weighted by Gasteiger charge is 2.48. The summed E-state index contributed by atoms with van der Waals surface area (Å²) in [6, 6.07) is 0. The first kappa shape index (κ1) is 30.9. The number of ether oxygens (including phenoxy) is 4. The van der Waals surface area contributed by atoms with Gasteiger partial charge in [-0.15, -0.1) is 29.6 Å². The lowest BCUT2D eigenvalue weighted by atomic mass is 9.90. The number of esters is 2. The van der Waals surface area contributed by atoms with Gasteiger partial charge in [-0.2, -0.15) is 0 Å². The van der Waals surface area contributed by atoms with Gasteiger partial charge >= 0.3 is 11.9 Å².